The van der Waals surface area contributed by atoms with Crippen LogP contribution in [0.25, 0.3) is 22.3 Å². The van der Waals surface area contributed by atoms with Crippen LogP contribution in [0.2, 0.25) is 0 Å². The first kappa shape index (κ1) is 16.8. The average Bonchev–Trinajstić information content (AvgIpc) is 2.61. The fourth-order valence-corrected chi connectivity index (χ4v) is 2.77. The molecular weight excluding hydrogens is 327 g/mol. The van der Waals surface area contributed by atoms with E-state index in [1.54, 1.807) is 54.6 Å². The maximum absolute atomic E-state index is 13.6. The summed E-state index contributed by atoms with van der Waals surface area (Å²) in [7, 11) is 0. The standard InChI is InChI=1S/C20H14F3NO/c21-20(22,23)18-12-14(15-8-4-5-9-17(15)19(24)25)10-11-16(18)13-6-2-1-3-7-13/h1-12H,(H2,24,25). The predicted molar refractivity (Wildman–Crippen MR) is 90.8 cm³/mol. The SMILES string of the molecule is NC(=O)c1ccccc1-c1ccc(-c2ccccc2)c(C(F)(F)F)c1. The lowest BCUT2D eigenvalue weighted by Gasteiger charge is -2.16. The van der Waals surface area contributed by atoms with Crippen molar-refractivity contribution in [1.82, 2.24) is 0 Å². The van der Waals surface area contributed by atoms with Crippen molar-refractivity contribution in [1.29, 1.82) is 0 Å². The van der Waals surface area contributed by atoms with Crippen molar-refractivity contribution >= 4 is 5.91 Å². The second-order valence-electron chi connectivity index (χ2n) is 5.53. The normalized spacial score (nSPS) is 11.3. The van der Waals surface area contributed by atoms with Gasteiger partial charge in [-0.05, 0) is 34.4 Å². The summed E-state index contributed by atoms with van der Waals surface area (Å²) in [6.07, 6.45) is -4.52. The maximum Gasteiger partial charge on any atom is 0.417 e. The Bertz CT molecular complexity index is 918. The van der Waals surface area contributed by atoms with Crippen LogP contribution >= 0.6 is 0 Å². The fraction of sp³-hybridized carbons (Fsp3) is 0.0500. The Morgan fingerprint density at radius 2 is 1.40 bits per heavy atom. The number of primary amides is 1. The summed E-state index contributed by atoms with van der Waals surface area (Å²) in [5.74, 6) is -0.684. The van der Waals surface area contributed by atoms with E-state index in [4.69, 9.17) is 5.73 Å². The van der Waals surface area contributed by atoms with Gasteiger partial charge in [0.05, 0.1) is 5.56 Å². The Labute approximate surface area is 142 Å². The summed E-state index contributed by atoms with van der Waals surface area (Å²) < 4.78 is 40.8. The topological polar surface area (TPSA) is 43.1 Å². The molecule has 0 saturated carbocycles. The maximum atomic E-state index is 13.6. The van der Waals surface area contributed by atoms with Crippen LogP contribution < -0.4 is 5.73 Å². The zero-order valence-electron chi connectivity index (χ0n) is 13.0. The Hall–Kier alpha value is -3.08. The highest BCUT2D eigenvalue weighted by Gasteiger charge is 2.34. The summed E-state index contributed by atoms with van der Waals surface area (Å²) in [4.78, 5) is 11.6. The average molecular weight is 341 g/mol. The summed E-state index contributed by atoms with van der Waals surface area (Å²) in [6, 6.07) is 18.8. The lowest BCUT2D eigenvalue weighted by Crippen LogP contribution is -2.12. The third-order valence-electron chi connectivity index (χ3n) is 3.91. The number of carbonyl (C=O) groups excluding carboxylic acids is 1. The minimum atomic E-state index is -4.52. The molecule has 0 fully saturated rings. The number of nitrogens with two attached hydrogens (primary N) is 1. The van der Waals surface area contributed by atoms with Gasteiger partial charge in [-0.15, -0.1) is 0 Å². The van der Waals surface area contributed by atoms with E-state index < -0.39 is 17.6 Å². The van der Waals surface area contributed by atoms with Gasteiger partial charge in [0.1, 0.15) is 0 Å². The van der Waals surface area contributed by atoms with Gasteiger partial charge < -0.3 is 5.73 Å². The number of halogens is 3. The van der Waals surface area contributed by atoms with E-state index in [2.05, 4.69) is 0 Å². The van der Waals surface area contributed by atoms with Crippen molar-refractivity contribution in [3.63, 3.8) is 0 Å². The smallest absolute Gasteiger partial charge is 0.366 e. The number of hydrogen-bond acceptors (Lipinski definition) is 1. The van der Waals surface area contributed by atoms with Crippen molar-refractivity contribution in [2.24, 2.45) is 5.73 Å². The van der Waals surface area contributed by atoms with Gasteiger partial charge in [0.15, 0.2) is 0 Å². The molecule has 0 spiro atoms. The predicted octanol–water partition coefficient (Wildman–Crippen LogP) is 5.14. The highest BCUT2D eigenvalue weighted by atomic mass is 19.4. The Kier molecular flexibility index (Phi) is 4.31. The van der Waals surface area contributed by atoms with Crippen molar-refractivity contribution < 1.29 is 18.0 Å². The van der Waals surface area contributed by atoms with E-state index in [0.29, 0.717) is 16.7 Å². The molecule has 0 bridgehead atoms. The molecule has 2 nitrogen and oxygen atoms in total. The van der Waals surface area contributed by atoms with Gasteiger partial charge >= 0.3 is 6.18 Å². The molecule has 0 unspecified atom stereocenters. The summed E-state index contributed by atoms with van der Waals surface area (Å²) >= 11 is 0. The van der Waals surface area contributed by atoms with E-state index in [1.807, 2.05) is 0 Å². The minimum Gasteiger partial charge on any atom is -0.366 e. The largest absolute Gasteiger partial charge is 0.417 e. The molecule has 3 aromatic carbocycles. The van der Waals surface area contributed by atoms with Gasteiger partial charge in [-0.25, -0.2) is 0 Å². The van der Waals surface area contributed by atoms with E-state index in [-0.39, 0.29) is 11.1 Å². The second-order valence-corrected chi connectivity index (χ2v) is 5.53. The number of rotatable bonds is 3. The summed E-state index contributed by atoms with van der Waals surface area (Å²) in [5.41, 5.74) is 6.00. The van der Waals surface area contributed by atoms with Gasteiger partial charge in [0.25, 0.3) is 0 Å². The van der Waals surface area contributed by atoms with Crippen LogP contribution in [0.1, 0.15) is 15.9 Å². The minimum absolute atomic E-state index is 0.0911. The number of carbonyl (C=O) groups is 1. The van der Waals surface area contributed by atoms with Gasteiger partial charge in [-0.2, -0.15) is 13.2 Å². The van der Waals surface area contributed by atoms with E-state index in [9.17, 15) is 18.0 Å². The van der Waals surface area contributed by atoms with Crippen LogP contribution in [0.4, 0.5) is 13.2 Å². The first-order chi connectivity index (χ1) is 11.9. The molecule has 0 radical (unpaired) electrons. The van der Waals surface area contributed by atoms with Crippen molar-refractivity contribution in [2.45, 2.75) is 6.18 Å². The summed E-state index contributed by atoms with van der Waals surface area (Å²) in [6.45, 7) is 0. The number of amides is 1. The number of benzene rings is 3. The highest BCUT2D eigenvalue weighted by Crippen LogP contribution is 2.39. The molecule has 0 heterocycles. The van der Waals surface area contributed by atoms with Crippen LogP contribution in [0, 0.1) is 0 Å². The molecule has 0 aliphatic heterocycles. The van der Waals surface area contributed by atoms with Gasteiger partial charge in [0, 0.05) is 5.56 Å². The van der Waals surface area contributed by atoms with E-state index >= 15 is 0 Å². The van der Waals surface area contributed by atoms with Crippen molar-refractivity contribution in [3.05, 3.63) is 83.9 Å². The van der Waals surface area contributed by atoms with Gasteiger partial charge in [-0.3, -0.25) is 4.79 Å². The van der Waals surface area contributed by atoms with Crippen LogP contribution in [0.5, 0.6) is 0 Å². The zero-order chi connectivity index (χ0) is 18.0. The van der Waals surface area contributed by atoms with Crippen LogP contribution in [-0.2, 0) is 6.18 Å². The Balaban J connectivity index is 2.22. The number of hydrogen-bond donors (Lipinski definition) is 1. The molecule has 0 saturated heterocycles. The molecule has 126 valence electrons. The zero-order valence-corrected chi connectivity index (χ0v) is 13.0. The van der Waals surface area contributed by atoms with Crippen molar-refractivity contribution in [2.75, 3.05) is 0 Å². The van der Waals surface area contributed by atoms with Crippen LogP contribution in [0.15, 0.2) is 72.8 Å². The molecule has 1 amide bonds. The Morgan fingerprint density at radius 1 is 0.760 bits per heavy atom. The fourth-order valence-electron chi connectivity index (χ4n) is 2.77. The molecule has 3 aromatic rings. The lowest BCUT2D eigenvalue weighted by atomic mass is 9.92. The first-order valence-electron chi connectivity index (χ1n) is 7.54. The molecular formula is C20H14F3NO. The third kappa shape index (κ3) is 3.40. The molecule has 0 aromatic heterocycles. The van der Waals surface area contributed by atoms with E-state index in [1.165, 1.54) is 12.1 Å². The molecule has 25 heavy (non-hydrogen) atoms. The quantitative estimate of drug-likeness (QED) is 0.704. The monoisotopic (exact) mass is 341 g/mol. The Morgan fingerprint density at radius 3 is 2.04 bits per heavy atom. The molecule has 5 heteroatoms. The van der Waals surface area contributed by atoms with Crippen LogP contribution in [-0.4, -0.2) is 5.91 Å². The third-order valence-corrected chi connectivity index (χ3v) is 3.91. The second kappa shape index (κ2) is 6.43. The molecule has 2 N–H and O–H groups in total. The van der Waals surface area contributed by atoms with Gasteiger partial charge in [0.2, 0.25) is 5.91 Å². The molecule has 0 aliphatic carbocycles. The van der Waals surface area contributed by atoms with Crippen LogP contribution in [0.3, 0.4) is 0 Å². The van der Waals surface area contributed by atoms with Crippen molar-refractivity contribution in [3.8, 4) is 22.3 Å². The van der Waals surface area contributed by atoms with Gasteiger partial charge in [-0.1, -0.05) is 60.7 Å². The molecule has 3 rings (SSSR count). The highest BCUT2D eigenvalue weighted by molar-refractivity contribution is 6.00. The molecule has 0 aliphatic rings. The van der Waals surface area contributed by atoms with E-state index in [0.717, 1.165) is 6.07 Å². The number of alkyl halides is 3. The summed E-state index contributed by atoms with van der Waals surface area (Å²) in [5, 5.41) is 0. The first-order valence-corrected chi connectivity index (χ1v) is 7.54. The molecule has 0 atom stereocenters. The lowest BCUT2D eigenvalue weighted by molar-refractivity contribution is -0.137.